The van der Waals surface area contributed by atoms with E-state index in [1.807, 2.05) is 18.2 Å². The van der Waals surface area contributed by atoms with Crippen molar-refractivity contribution in [2.75, 3.05) is 10.6 Å². The van der Waals surface area contributed by atoms with Gasteiger partial charge in [0.05, 0.1) is 34.4 Å². The number of para-hydroxylation sites is 1. The molecule has 4 aromatic rings. The van der Waals surface area contributed by atoms with Gasteiger partial charge >= 0.3 is 11.9 Å². The zero-order valence-corrected chi connectivity index (χ0v) is 18.4. The first-order valence-corrected chi connectivity index (χ1v) is 10.7. The minimum Gasteiger partial charge on any atom is -0.481 e. The number of aromatic amines is 1. The monoisotopic (exact) mass is 482 g/mol. The molecule has 0 saturated heterocycles. The number of nitrogens with one attached hydrogen (secondary N) is 3. The smallest absolute Gasteiger partial charge is 0.343 e. The molecule has 5 rings (SSSR count). The molecule has 1 unspecified atom stereocenters. The molecule has 0 spiro atoms. The van der Waals surface area contributed by atoms with E-state index in [-0.39, 0.29) is 12.2 Å². The lowest BCUT2D eigenvalue weighted by molar-refractivity contribution is -0.137. The molecule has 4 N–H and O–H groups in total. The number of hydrogen-bond donors (Lipinski definition) is 4. The SMILES string of the molecule is O=C(O)CC1Nc2cccc(-c3nc4cc(C(=O)Oc5cc(Cl)cc(Cl)c5)ccc4[nH]3)c2N1. The number of carboxylic acids is 1. The second kappa shape index (κ2) is 8.31. The third-order valence-electron chi connectivity index (χ3n) is 5.11. The van der Waals surface area contributed by atoms with Crippen molar-refractivity contribution in [3.63, 3.8) is 0 Å². The minimum absolute atomic E-state index is 0.0719. The lowest BCUT2D eigenvalue weighted by Crippen LogP contribution is -2.25. The summed E-state index contributed by atoms with van der Waals surface area (Å²) in [6.45, 7) is 0. The van der Waals surface area contributed by atoms with Crippen molar-refractivity contribution in [1.29, 1.82) is 0 Å². The number of aliphatic carboxylic acids is 1. The molecule has 33 heavy (non-hydrogen) atoms. The quantitative estimate of drug-likeness (QED) is 0.222. The molecule has 2 heterocycles. The van der Waals surface area contributed by atoms with Crippen LogP contribution in [0.25, 0.3) is 22.4 Å². The summed E-state index contributed by atoms with van der Waals surface area (Å²) in [5, 5.41) is 16.1. The molecular formula is C23H16Cl2N4O4. The van der Waals surface area contributed by atoms with Crippen LogP contribution in [0.4, 0.5) is 11.4 Å². The van der Waals surface area contributed by atoms with E-state index in [1.165, 1.54) is 12.1 Å². The zero-order chi connectivity index (χ0) is 23.1. The molecule has 166 valence electrons. The Labute approximate surface area is 197 Å². The summed E-state index contributed by atoms with van der Waals surface area (Å²) in [4.78, 5) is 31.6. The van der Waals surface area contributed by atoms with E-state index in [0.29, 0.717) is 26.9 Å². The zero-order valence-electron chi connectivity index (χ0n) is 16.9. The number of ether oxygens (including phenoxy) is 1. The van der Waals surface area contributed by atoms with Crippen LogP contribution >= 0.6 is 23.2 Å². The van der Waals surface area contributed by atoms with Gasteiger partial charge < -0.3 is 25.5 Å². The Hall–Kier alpha value is -3.75. The van der Waals surface area contributed by atoms with E-state index in [9.17, 15) is 9.59 Å². The van der Waals surface area contributed by atoms with Crippen LogP contribution in [0.3, 0.4) is 0 Å². The van der Waals surface area contributed by atoms with E-state index in [0.717, 1.165) is 22.5 Å². The Morgan fingerprint density at radius 3 is 2.58 bits per heavy atom. The molecule has 0 amide bonds. The second-order valence-electron chi connectivity index (χ2n) is 7.48. The fraction of sp³-hybridized carbons (Fsp3) is 0.0870. The standard InChI is InChI=1S/C23H16Cl2N4O4/c24-12-7-13(25)9-14(8-12)33-23(32)11-4-5-16-18(6-11)28-22(27-16)15-2-1-3-17-21(15)29-19(26-17)10-20(30)31/h1-9,19,26,29H,10H2,(H,27,28)(H,30,31). The molecule has 0 bridgehead atoms. The molecule has 0 radical (unpaired) electrons. The van der Waals surface area contributed by atoms with Gasteiger partial charge in [-0.05, 0) is 48.5 Å². The summed E-state index contributed by atoms with van der Waals surface area (Å²) in [7, 11) is 0. The maximum Gasteiger partial charge on any atom is 0.343 e. The average molecular weight is 483 g/mol. The van der Waals surface area contributed by atoms with Gasteiger partial charge in [0, 0.05) is 15.6 Å². The molecule has 10 heteroatoms. The summed E-state index contributed by atoms with van der Waals surface area (Å²) >= 11 is 11.9. The Kier molecular flexibility index (Phi) is 5.32. The van der Waals surface area contributed by atoms with Crippen LogP contribution in [0.5, 0.6) is 5.75 Å². The van der Waals surface area contributed by atoms with Gasteiger partial charge in [0.25, 0.3) is 0 Å². The molecule has 1 atom stereocenters. The third-order valence-corrected chi connectivity index (χ3v) is 5.55. The first kappa shape index (κ1) is 21.1. The number of halogens is 2. The maximum absolute atomic E-state index is 12.6. The van der Waals surface area contributed by atoms with E-state index in [1.54, 1.807) is 24.3 Å². The van der Waals surface area contributed by atoms with Crippen molar-refractivity contribution in [1.82, 2.24) is 9.97 Å². The molecule has 3 aromatic carbocycles. The fourth-order valence-corrected chi connectivity index (χ4v) is 4.22. The highest BCUT2D eigenvalue weighted by atomic mass is 35.5. The van der Waals surface area contributed by atoms with Crippen molar-refractivity contribution in [2.24, 2.45) is 0 Å². The van der Waals surface area contributed by atoms with Crippen LogP contribution in [-0.2, 0) is 4.79 Å². The van der Waals surface area contributed by atoms with Crippen molar-refractivity contribution in [3.05, 3.63) is 70.2 Å². The lowest BCUT2D eigenvalue weighted by Gasteiger charge is -2.09. The number of nitrogens with zero attached hydrogens (tertiary/aromatic N) is 1. The Balaban J connectivity index is 1.43. The predicted octanol–water partition coefficient (Wildman–Crippen LogP) is 5.39. The molecule has 0 aliphatic carbocycles. The first-order valence-electron chi connectivity index (χ1n) is 9.92. The number of esters is 1. The molecule has 1 aromatic heterocycles. The topological polar surface area (TPSA) is 116 Å². The predicted molar refractivity (Wildman–Crippen MR) is 126 cm³/mol. The van der Waals surface area contributed by atoms with Gasteiger partial charge in [-0.15, -0.1) is 0 Å². The van der Waals surface area contributed by atoms with E-state index >= 15 is 0 Å². The Morgan fingerprint density at radius 1 is 1.03 bits per heavy atom. The van der Waals surface area contributed by atoms with Crippen LogP contribution < -0.4 is 15.4 Å². The normalized spacial score (nSPS) is 14.4. The van der Waals surface area contributed by atoms with Crippen molar-refractivity contribution >= 4 is 57.5 Å². The van der Waals surface area contributed by atoms with Crippen LogP contribution in [0.2, 0.25) is 10.0 Å². The second-order valence-corrected chi connectivity index (χ2v) is 8.35. The van der Waals surface area contributed by atoms with Gasteiger partial charge in [-0.25, -0.2) is 9.78 Å². The van der Waals surface area contributed by atoms with Crippen LogP contribution in [0.1, 0.15) is 16.8 Å². The number of imidazole rings is 1. The Morgan fingerprint density at radius 2 is 1.82 bits per heavy atom. The van der Waals surface area contributed by atoms with Crippen molar-refractivity contribution in [2.45, 2.75) is 12.6 Å². The number of H-pyrrole nitrogens is 1. The highest BCUT2D eigenvalue weighted by Gasteiger charge is 2.25. The van der Waals surface area contributed by atoms with E-state index in [4.69, 9.17) is 33.0 Å². The molecular weight excluding hydrogens is 467 g/mol. The maximum atomic E-state index is 12.6. The van der Waals surface area contributed by atoms with Gasteiger partial charge in [0.1, 0.15) is 17.7 Å². The number of carboxylic acid groups (broad SMARTS) is 1. The molecule has 0 saturated carbocycles. The number of benzene rings is 3. The lowest BCUT2D eigenvalue weighted by atomic mass is 10.1. The number of aromatic nitrogens is 2. The average Bonchev–Trinajstić information content (AvgIpc) is 3.34. The highest BCUT2D eigenvalue weighted by Crippen LogP contribution is 2.38. The number of rotatable bonds is 5. The fourth-order valence-electron chi connectivity index (χ4n) is 3.71. The third kappa shape index (κ3) is 4.30. The number of carbonyl (C=O) groups is 2. The van der Waals surface area contributed by atoms with Crippen LogP contribution in [0, 0.1) is 0 Å². The van der Waals surface area contributed by atoms with Gasteiger partial charge in [0.2, 0.25) is 0 Å². The van der Waals surface area contributed by atoms with Gasteiger partial charge in [-0.2, -0.15) is 0 Å². The van der Waals surface area contributed by atoms with Crippen molar-refractivity contribution in [3.8, 4) is 17.1 Å². The summed E-state index contributed by atoms with van der Waals surface area (Å²) in [6.07, 6.45) is -0.484. The Bertz CT molecular complexity index is 1400. The van der Waals surface area contributed by atoms with Crippen LogP contribution in [-0.4, -0.2) is 33.2 Å². The van der Waals surface area contributed by atoms with Gasteiger partial charge in [-0.1, -0.05) is 29.3 Å². The number of anilines is 2. The summed E-state index contributed by atoms with van der Waals surface area (Å²) in [6, 6.07) is 15.2. The van der Waals surface area contributed by atoms with Gasteiger partial charge in [-0.3, -0.25) is 4.79 Å². The molecule has 1 aliphatic heterocycles. The van der Waals surface area contributed by atoms with E-state index < -0.39 is 18.1 Å². The molecule has 1 aliphatic rings. The van der Waals surface area contributed by atoms with Gasteiger partial charge in [0.15, 0.2) is 0 Å². The van der Waals surface area contributed by atoms with E-state index in [2.05, 4.69) is 20.6 Å². The summed E-state index contributed by atoms with van der Waals surface area (Å²) < 4.78 is 5.39. The van der Waals surface area contributed by atoms with Crippen molar-refractivity contribution < 1.29 is 19.4 Å². The molecule has 0 fully saturated rings. The van der Waals surface area contributed by atoms with Crippen LogP contribution in [0.15, 0.2) is 54.6 Å². The number of carbonyl (C=O) groups excluding carboxylic acids is 1. The highest BCUT2D eigenvalue weighted by molar-refractivity contribution is 6.34. The summed E-state index contributed by atoms with van der Waals surface area (Å²) in [5.41, 5.74) is 3.97. The summed E-state index contributed by atoms with van der Waals surface area (Å²) in [5.74, 6) is -0.644. The number of fused-ring (bicyclic) bond motifs is 2. The minimum atomic E-state index is -0.905. The molecule has 8 nitrogen and oxygen atoms in total. The number of hydrogen-bond acceptors (Lipinski definition) is 6. The largest absolute Gasteiger partial charge is 0.481 e. The first-order chi connectivity index (χ1) is 15.9.